The van der Waals surface area contributed by atoms with E-state index in [0.717, 1.165) is 17.8 Å². The Morgan fingerprint density at radius 3 is 2.32 bits per heavy atom. The number of primary amides is 1. The van der Waals surface area contributed by atoms with Crippen LogP contribution in [-0.4, -0.2) is 47.2 Å². The van der Waals surface area contributed by atoms with E-state index in [0.29, 0.717) is 42.8 Å². The number of benzene rings is 2. The summed E-state index contributed by atoms with van der Waals surface area (Å²) in [6.45, 7) is 7.18. The molecule has 182 valence electrons. The van der Waals surface area contributed by atoms with Crippen LogP contribution in [0.1, 0.15) is 49.8 Å². The van der Waals surface area contributed by atoms with Crippen LogP contribution in [0.5, 0.6) is 0 Å². The average Bonchev–Trinajstić information content (AvgIpc) is 3.15. The van der Waals surface area contributed by atoms with Crippen LogP contribution in [0.15, 0.2) is 47.4 Å². The lowest BCUT2D eigenvalue weighted by molar-refractivity contribution is -0.116. The Morgan fingerprint density at radius 2 is 1.74 bits per heavy atom. The Hall–Kier alpha value is -3.24. The second-order valence-corrected chi connectivity index (χ2v) is 9.85. The van der Waals surface area contributed by atoms with E-state index in [-0.39, 0.29) is 17.2 Å². The van der Waals surface area contributed by atoms with Crippen LogP contribution >= 0.6 is 0 Å². The number of nitrogens with zero attached hydrogens (tertiary/aromatic N) is 3. The predicted molar refractivity (Wildman–Crippen MR) is 132 cm³/mol. The van der Waals surface area contributed by atoms with Gasteiger partial charge in [-0.1, -0.05) is 20.8 Å². The number of rotatable bonds is 11. The van der Waals surface area contributed by atoms with Gasteiger partial charge in [-0.05, 0) is 48.9 Å². The fourth-order valence-corrected chi connectivity index (χ4v) is 5.34. The fourth-order valence-electron chi connectivity index (χ4n) is 3.86. The molecule has 3 aromatic rings. The number of hydrogen-bond donors (Lipinski definition) is 2. The van der Waals surface area contributed by atoms with Crippen LogP contribution in [0.25, 0.3) is 11.0 Å². The van der Waals surface area contributed by atoms with Crippen molar-refractivity contribution in [2.75, 3.05) is 18.4 Å². The van der Waals surface area contributed by atoms with E-state index in [1.54, 1.807) is 42.5 Å². The molecule has 0 aliphatic heterocycles. The lowest BCUT2D eigenvalue weighted by atomic mass is 10.2. The molecule has 0 fully saturated rings. The highest BCUT2D eigenvalue weighted by atomic mass is 32.2. The number of amides is 2. The maximum atomic E-state index is 12.9. The lowest BCUT2D eigenvalue weighted by Gasteiger charge is -2.18. The van der Waals surface area contributed by atoms with Crippen molar-refractivity contribution in [1.29, 1.82) is 0 Å². The number of carbonyl (C=O) groups excluding carboxylic acids is 2. The van der Waals surface area contributed by atoms with Crippen molar-refractivity contribution < 1.29 is 18.0 Å². The van der Waals surface area contributed by atoms with Crippen molar-refractivity contribution >= 4 is 38.6 Å². The third-order valence-electron chi connectivity index (χ3n) is 5.62. The number of imidazole rings is 1. The fraction of sp³-hybridized carbons (Fsp3) is 0.375. The molecule has 0 aliphatic rings. The van der Waals surface area contributed by atoms with Crippen molar-refractivity contribution in [3.05, 3.63) is 53.9 Å². The molecule has 1 heterocycles. The standard InChI is InChI=1S/C24H31N5O4S/c1-4-15-29-21-12-11-19(34(32,33)28(5-2)6-3)16-20(21)27-22(29)13-14-23(30)26-18-9-7-17(8-10-18)24(25)31/h7-12,16H,4-6,13-15H2,1-3H3,(H2,25,31)(H,26,30). The van der Waals surface area contributed by atoms with Crippen LogP contribution in [0, 0.1) is 0 Å². The smallest absolute Gasteiger partial charge is 0.248 e. The van der Waals surface area contributed by atoms with E-state index in [4.69, 9.17) is 5.73 Å². The van der Waals surface area contributed by atoms with Gasteiger partial charge in [-0.15, -0.1) is 0 Å². The lowest BCUT2D eigenvalue weighted by Crippen LogP contribution is -2.30. The van der Waals surface area contributed by atoms with Gasteiger partial charge in [0.15, 0.2) is 0 Å². The third kappa shape index (κ3) is 5.45. The molecule has 9 nitrogen and oxygen atoms in total. The first-order chi connectivity index (χ1) is 16.2. The molecular formula is C24H31N5O4S. The van der Waals surface area contributed by atoms with Crippen LogP contribution in [-0.2, 0) is 27.8 Å². The van der Waals surface area contributed by atoms with Gasteiger partial charge in [0.1, 0.15) is 5.82 Å². The number of nitrogens with one attached hydrogen (secondary N) is 1. The molecule has 0 unspecified atom stereocenters. The Balaban J connectivity index is 1.80. The summed E-state index contributed by atoms with van der Waals surface area (Å²) >= 11 is 0. The summed E-state index contributed by atoms with van der Waals surface area (Å²) in [6.07, 6.45) is 1.48. The second-order valence-electron chi connectivity index (χ2n) is 7.91. The minimum atomic E-state index is -3.59. The van der Waals surface area contributed by atoms with E-state index in [2.05, 4.69) is 17.2 Å². The number of sulfonamides is 1. The van der Waals surface area contributed by atoms with Crippen molar-refractivity contribution in [3.63, 3.8) is 0 Å². The minimum absolute atomic E-state index is 0.188. The number of aryl methyl sites for hydroxylation is 2. The second kappa shape index (κ2) is 10.8. The first-order valence-corrected chi connectivity index (χ1v) is 12.8. The molecule has 2 aromatic carbocycles. The summed E-state index contributed by atoms with van der Waals surface area (Å²) in [6, 6.07) is 11.4. The molecule has 1 aromatic heterocycles. The van der Waals surface area contributed by atoms with E-state index in [1.807, 2.05) is 18.4 Å². The molecule has 0 bridgehead atoms. The number of hydrogen-bond acceptors (Lipinski definition) is 5. The highest BCUT2D eigenvalue weighted by Gasteiger charge is 2.23. The topological polar surface area (TPSA) is 127 Å². The number of fused-ring (bicyclic) bond motifs is 1. The van der Waals surface area contributed by atoms with Gasteiger partial charge in [0.25, 0.3) is 0 Å². The third-order valence-corrected chi connectivity index (χ3v) is 7.66. The number of nitrogens with two attached hydrogens (primary N) is 1. The van der Waals surface area contributed by atoms with Gasteiger partial charge in [-0.25, -0.2) is 13.4 Å². The van der Waals surface area contributed by atoms with Gasteiger partial charge in [-0.3, -0.25) is 9.59 Å². The number of aromatic nitrogens is 2. The Morgan fingerprint density at radius 1 is 1.06 bits per heavy atom. The molecule has 0 atom stereocenters. The zero-order chi connectivity index (χ0) is 24.9. The summed E-state index contributed by atoms with van der Waals surface area (Å²) in [5.41, 5.74) is 7.62. The zero-order valence-electron chi connectivity index (χ0n) is 19.7. The predicted octanol–water partition coefficient (Wildman–Crippen LogP) is 3.15. The zero-order valence-corrected chi connectivity index (χ0v) is 20.6. The monoisotopic (exact) mass is 485 g/mol. The summed E-state index contributed by atoms with van der Waals surface area (Å²) < 4.78 is 29.3. The minimum Gasteiger partial charge on any atom is -0.366 e. The Bertz CT molecular complexity index is 1280. The highest BCUT2D eigenvalue weighted by molar-refractivity contribution is 7.89. The molecule has 0 spiro atoms. The Kier molecular flexibility index (Phi) is 8.06. The van der Waals surface area contributed by atoms with E-state index in [1.165, 1.54) is 4.31 Å². The largest absolute Gasteiger partial charge is 0.366 e. The van der Waals surface area contributed by atoms with Crippen molar-refractivity contribution in [1.82, 2.24) is 13.9 Å². The van der Waals surface area contributed by atoms with Crippen molar-refractivity contribution in [3.8, 4) is 0 Å². The van der Waals surface area contributed by atoms with Gasteiger partial charge in [0.2, 0.25) is 21.8 Å². The number of carbonyl (C=O) groups is 2. The summed E-state index contributed by atoms with van der Waals surface area (Å²) in [5.74, 6) is 0.0148. The van der Waals surface area contributed by atoms with E-state index in [9.17, 15) is 18.0 Å². The van der Waals surface area contributed by atoms with Crippen molar-refractivity contribution in [2.24, 2.45) is 5.73 Å². The molecule has 0 saturated carbocycles. The van der Waals surface area contributed by atoms with Gasteiger partial charge >= 0.3 is 0 Å². The Labute approximate surface area is 200 Å². The quantitative estimate of drug-likeness (QED) is 0.431. The van der Waals surface area contributed by atoms with E-state index < -0.39 is 15.9 Å². The molecule has 3 N–H and O–H groups in total. The van der Waals surface area contributed by atoms with Gasteiger partial charge < -0.3 is 15.6 Å². The molecule has 0 radical (unpaired) electrons. The SMILES string of the molecule is CCCn1c(CCC(=O)Nc2ccc(C(N)=O)cc2)nc2cc(S(=O)(=O)N(CC)CC)ccc21. The van der Waals surface area contributed by atoms with Crippen molar-refractivity contribution in [2.45, 2.75) is 51.5 Å². The maximum absolute atomic E-state index is 12.9. The number of anilines is 1. The molecule has 34 heavy (non-hydrogen) atoms. The molecule has 10 heteroatoms. The summed E-state index contributed by atoms with van der Waals surface area (Å²) in [5, 5.41) is 2.80. The van der Waals surface area contributed by atoms with Crippen LogP contribution < -0.4 is 11.1 Å². The average molecular weight is 486 g/mol. The van der Waals surface area contributed by atoms with E-state index >= 15 is 0 Å². The molecule has 0 aliphatic carbocycles. The van der Waals surface area contributed by atoms with Gasteiger partial charge in [-0.2, -0.15) is 4.31 Å². The highest BCUT2D eigenvalue weighted by Crippen LogP contribution is 2.24. The molecule has 3 rings (SSSR count). The normalized spacial score (nSPS) is 11.8. The first-order valence-electron chi connectivity index (χ1n) is 11.4. The molecular weight excluding hydrogens is 454 g/mol. The van der Waals surface area contributed by atoms with Gasteiger partial charge in [0.05, 0.1) is 15.9 Å². The summed E-state index contributed by atoms with van der Waals surface area (Å²) in [7, 11) is -3.59. The molecule has 2 amide bonds. The van der Waals surface area contributed by atoms with Crippen LogP contribution in [0.2, 0.25) is 0 Å². The van der Waals surface area contributed by atoms with Gasteiger partial charge in [0, 0.05) is 43.7 Å². The maximum Gasteiger partial charge on any atom is 0.248 e. The van der Waals surface area contributed by atoms with Crippen LogP contribution in [0.3, 0.4) is 0 Å². The summed E-state index contributed by atoms with van der Waals surface area (Å²) in [4.78, 5) is 28.6. The van der Waals surface area contributed by atoms with Crippen LogP contribution in [0.4, 0.5) is 5.69 Å². The first kappa shape index (κ1) is 25.4. The molecule has 0 saturated heterocycles.